The monoisotopic (exact) mass is 291 g/mol. The summed E-state index contributed by atoms with van der Waals surface area (Å²) in [5, 5.41) is 0. The van der Waals surface area contributed by atoms with Crippen molar-refractivity contribution in [1.29, 1.82) is 0 Å². The molecule has 1 heterocycles. The van der Waals surface area contributed by atoms with Crippen LogP contribution in [0.2, 0.25) is 0 Å². The molecule has 1 aromatic carbocycles. The van der Waals surface area contributed by atoms with E-state index in [1.165, 1.54) is 12.8 Å². The highest BCUT2D eigenvalue weighted by Crippen LogP contribution is 2.12. The molecule has 0 spiro atoms. The third-order valence-corrected chi connectivity index (χ3v) is 3.76. The first-order valence-electron chi connectivity index (χ1n) is 7.74. The van der Waals surface area contributed by atoms with Crippen molar-refractivity contribution >= 4 is 6.09 Å². The van der Waals surface area contributed by atoms with Crippen LogP contribution in [0.25, 0.3) is 0 Å². The molecule has 1 saturated heterocycles. The quantitative estimate of drug-likeness (QED) is 0.814. The fourth-order valence-electron chi connectivity index (χ4n) is 2.46. The minimum atomic E-state index is -0.246. The number of nitrogens with two attached hydrogens (primary N) is 1. The van der Waals surface area contributed by atoms with E-state index in [1.54, 1.807) is 17.0 Å². The standard InChI is InChI=1S/C16H25N3O2/c17-9-5-2-6-10-18-11-13-19(14-12-18)16(20)21-15-7-3-1-4-8-15/h1,3-4,7-8H,2,5-6,9-14,17H2. The molecule has 0 bridgehead atoms. The first-order valence-corrected chi connectivity index (χ1v) is 7.74. The van der Waals surface area contributed by atoms with E-state index in [4.69, 9.17) is 10.5 Å². The number of para-hydroxylation sites is 1. The van der Waals surface area contributed by atoms with Crippen LogP contribution in [0.4, 0.5) is 4.79 Å². The van der Waals surface area contributed by atoms with Crippen LogP contribution in [0.3, 0.4) is 0 Å². The first kappa shape index (κ1) is 15.8. The zero-order valence-electron chi connectivity index (χ0n) is 12.5. The molecular weight excluding hydrogens is 266 g/mol. The van der Waals surface area contributed by atoms with Crippen molar-refractivity contribution in [1.82, 2.24) is 9.80 Å². The van der Waals surface area contributed by atoms with Gasteiger partial charge >= 0.3 is 6.09 Å². The number of hydrogen-bond acceptors (Lipinski definition) is 4. The van der Waals surface area contributed by atoms with Crippen LogP contribution in [0, 0.1) is 0 Å². The Morgan fingerprint density at radius 1 is 1.05 bits per heavy atom. The summed E-state index contributed by atoms with van der Waals surface area (Å²) in [4.78, 5) is 16.2. The van der Waals surface area contributed by atoms with Crippen LogP contribution in [0.1, 0.15) is 19.3 Å². The second-order valence-electron chi connectivity index (χ2n) is 5.36. The van der Waals surface area contributed by atoms with E-state index < -0.39 is 0 Å². The number of rotatable bonds is 6. The Morgan fingerprint density at radius 3 is 2.43 bits per heavy atom. The number of ether oxygens (including phenoxy) is 1. The molecule has 1 aliphatic rings. The van der Waals surface area contributed by atoms with Gasteiger partial charge in [0.25, 0.3) is 0 Å². The summed E-state index contributed by atoms with van der Waals surface area (Å²) in [7, 11) is 0. The van der Waals surface area contributed by atoms with Crippen LogP contribution in [-0.4, -0.2) is 55.2 Å². The van der Waals surface area contributed by atoms with Gasteiger partial charge in [-0.15, -0.1) is 0 Å². The fourth-order valence-corrected chi connectivity index (χ4v) is 2.46. The van der Waals surface area contributed by atoms with Crippen molar-refractivity contribution in [3.05, 3.63) is 30.3 Å². The summed E-state index contributed by atoms with van der Waals surface area (Å²) >= 11 is 0. The molecule has 5 nitrogen and oxygen atoms in total. The van der Waals surface area contributed by atoms with Crippen molar-refractivity contribution in [2.75, 3.05) is 39.3 Å². The average Bonchev–Trinajstić information content (AvgIpc) is 2.53. The molecular formula is C16H25N3O2. The maximum atomic E-state index is 12.0. The number of unbranched alkanes of at least 4 members (excludes halogenated alkanes) is 2. The number of benzene rings is 1. The van der Waals surface area contributed by atoms with Crippen LogP contribution < -0.4 is 10.5 Å². The first-order chi connectivity index (χ1) is 10.3. The van der Waals surface area contributed by atoms with E-state index in [1.807, 2.05) is 18.2 Å². The van der Waals surface area contributed by atoms with E-state index in [0.717, 1.165) is 45.7 Å². The summed E-state index contributed by atoms with van der Waals surface area (Å²) < 4.78 is 5.36. The Kier molecular flexibility index (Phi) is 6.50. The van der Waals surface area contributed by atoms with Gasteiger partial charge in [-0.1, -0.05) is 24.6 Å². The molecule has 2 N–H and O–H groups in total. The van der Waals surface area contributed by atoms with Crippen molar-refractivity contribution in [3.63, 3.8) is 0 Å². The maximum absolute atomic E-state index is 12.0. The predicted molar refractivity (Wildman–Crippen MR) is 83.4 cm³/mol. The molecule has 5 heteroatoms. The largest absolute Gasteiger partial charge is 0.415 e. The Morgan fingerprint density at radius 2 is 1.76 bits per heavy atom. The van der Waals surface area contributed by atoms with E-state index in [9.17, 15) is 4.79 Å². The zero-order valence-corrected chi connectivity index (χ0v) is 12.5. The third-order valence-electron chi connectivity index (χ3n) is 3.76. The average molecular weight is 291 g/mol. The molecule has 1 aliphatic heterocycles. The van der Waals surface area contributed by atoms with Gasteiger partial charge in [0, 0.05) is 26.2 Å². The van der Waals surface area contributed by atoms with Gasteiger partial charge in [0.15, 0.2) is 0 Å². The summed E-state index contributed by atoms with van der Waals surface area (Å²) in [6, 6.07) is 9.22. The minimum Gasteiger partial charge on any atom is -0.410 e. The lowest BCUT2D eigenvalue weighted by Gasteiger charge is -2.34. The highest BCUT2D eigenvalue weighted by molar-refractivity contribution is 5.70. The molecule has 1 fully saturated rings. The fraction of sp³-hybridized carbons (Fsp3) is 0.562. The topological polar surface area (TPSA) is 58.8 Å². The van der Waals surface area contributed by atoms with E-state index in [2.05, 4.69) is 4.90 Å². The van der Waals surface area contributed by atoms with Gasteiger partial charge < -0.3 is 15.4 Å². The number of piperazine rings is 1. The Hall–Kier alpha value is -1.59. The van der Waals surface area contributed by atoms with Crippen LogP contribution >= 0.6 is 0 Å². The van der Waals surface area contributed by atoms with E-state index in [0.29, 0.717) is 5.75 Å². The van der Waals surface area contributed by atoms with Crippen molar-refractivity contribution in [2.24, 2.45) is 5.73 Å². The molecule has 0 atom stereocenters. The van der Waals surface area contributed by atoms with Crippen molar-refractivity contribution in [2.45, 2.75) is 19.3 Å². The smallest absolute Gasteiger partial charge is 0.410 e. The molecule has 1 amide bonds. The lowest BCUT2D eigenvalue weighted by Crippen LogP contribution is -2.49. The number of nitrogens with zero attached hydrogens (tertiary/aromatic N) is 2. The van der Waals surface area contributed by atoms with Gasteiger partial charge in [-0.2, -0.15) is 0 Å². The van der Waals surface area contributed by atoms with Crippen LogP contribution in [-0.2, 0) is 0 Å². The lowest BCUT2D eigenvalue weighted by molar-refractivity contribution is 0.110. The molecule has 0 unspecified atom stereocenters. The Labute approximate surface area is 126 Å². The highest BCUT2D eigenvalue weighted by Gasteiger charge is 2.22. The van der Waals surface area contributed by atoms with E-state index in [-0.39, 0.29) is 6.09 Å². The van der Waals surface area contributed by atoms with Crippen molar-refractivity contribution < 1.29 is 9.53 Å². The Bertz CT molecular complexity index is 417. The maximum Gasteiger partial charge on any atom is 0.415 e. The molecule has 116 valence electrons. The normalized spacial score (nSPS) is 16.0. The Balaban J connectivity index is 1.67. The number of hydrogen-bond donors (Lipinski definition) is 1. The summed E-state index contributed by atoms with van der Waals surface area (Å²) in [6.07, 6.45) is 3.23. The molecule has 0 saturated carbocycles. The van der Waals surface area contributed by atoms with Gasteiger partial charge in [0.05, 0.1) is 0 Å². The summed E-state index contributed by atoms with van der Waals surface area (Å²) in [5.41, 5.74) is 5.49. The van der Waals surface area contributed by atoms with E-state index >= 15 is 0 Å². The molecule has 0 radical (unpaired) electrons. The predicted octanol–water partition coefficient (Wildman–Crippen LogP) is 1.93. The minimum absolute atomic E-state index is 0.246. The van der Waals surface area contributed by atoms with Gasteiger partial charge in [0.2, 0.25) is 0 Å². The van der Waals surface area contributed by atoms with Gasteiger partial charge in [0.1, 0.15) is 5.75 Å². The number of carbonyl (C=O) groups excluding carboxylic acids is 1. The SMILES string of the molecule is NCCCCCN1CCN(C(=O)Oc2ccccc2)CC1. The molecule has 2 rings (SSSR count). The molecule has 1 aromatic rings. The second-order valence-corrected chi connectivity index (χ2v) is 5.36. The van der Waals surface area contributed by atoms with Crippen molar-refractivity contribution in [3.8, 4) is 5.75 Å². The summed E-state index contributed by atoms with van der Waals surface area (Å²) in [5.74, 6) is 0.603. The van der Waals surface area contributed by atoms with Gasteiger partial charge in [-0.05, 0) is 38.1 Å². The molecule has 0 aromatic heterocycles. The summed E-state index contributed by atoms with van der Waals surface area (Å²) in [6.45, 7) is 5.20. The second kappa shape index (κ2) is 8.64. The van der Waals surface area contributed by atoms with Crippen LogP contribution in [0.5, 0.6) is 5.75 Å². The number of amides is 1. The lowest BCUT2D eigenvalue weighted by atomic mass is 10.2. The molecule has 21 heavy (non-hydrogen) atoms. The molecule has 0 aliphatic carbocycles. The highest BCUT2D eigenvalue weighted by atomic mass is 16.6. The third kappa shape index (κ3) is 5.36. The van der Waals surface area contributed by atoms with Gasteiger partial charge in [-0.25, -0.2) is 4.79 Å². The van der Waals surface area contributed by atoms with Crippen LogP contribution in [0.15, 0.2) is 30.3 Å². The zero-order chi connectivity index (χ0) is 14.9. The number of carbonyl (C=O) groups is 1. The van der Waals surface area contributed by atoms with Gasteiger partial charge in [-0.3, -0.25) is 4.90 Å².